The molecule has 36 heavy (non-hydrogen) atoms. The van der Waals surface area contributed by atoms with Gasteiger partial charge in [0.05, 0.1) is 17.3 Å². The topological polar surface area (TPSA) is 131 Å². The van der Waals surface area contributed by atoms with E-state index in [2.05, 4.69) is 20.6 Å². The molecule has 5 N–H and O–H groups in total. The highest BCUT2D eigenvalue weighted by Gasteiger charge is 2.30. The zero-order valence-corrected chi connectivity index (χ0v) is 20.3. The van der Waals surface area contributed by atoms with Gasteiger partial charge in [0.15, 0.2) is 11.5 Å². The van der Waals surface area contributed by atoms with Crippen LogP contribution in [0, 0.1) is 17.6 Å². The molecule has 3 aromatic rings. The molecule has 192 valence electrons. The Labute approximate surface area is 211 Å². The Morgan fingerprint density at radius 2 is 1.92 bits per heavy atom. The van der Waals surface area contributed by atoms with Crippen LogP contribution in [0.1, 0.15) is 57.4 Å². The van der Waals surface area contributed by atoms with Gasteiger partial charge in [0, 0.05) is 18.0 Å². The Hall–Kier alpha value is -3.05. The fraction of sp³-hybridized carbons (Fsp3) is 0.500. The van der Waals surface area contributed by atoms with E-state index in [1.54, 1.807) is 6.20 Å². The van der Waals surface area contributed by atoms with E-state index in [-0.39, 0.29) is 41.0 Å². The van der Waals surface area contributed by atoms with Gasteiger partial charge in [-0.1, -0.05) is 11.6 Å². The van der Waals surface area contributed by atoms with Crippen LogP contribution in [-0.4, -0.2) is 42.7 Å². The summed E-state index contributed by atoms with van der Waals surface area (Å²) in [4.78, 5) is 25.3. The van der Waals surface area contributed by atoms with Gasteiger partial charge >= 0.3 is 0 Å². The molecular weight excluding hydrogens is 492 g/mol. The average molecular weight is 520 g/mol. The number of aliphatic hydroxyl groups excluding tert-OH is 1. The van der Waals surface area contributed by atoms with Gasteiger partial charge in [0.2, 0.25) is 17.8 Å². The van der Waals surface area contributed by atoms with E-state index in [1.165, 1.54) is 0 Å². The number of amides is 1. The number of halogens is 3. The highest BCUT2D eigenvalue weighted by molar-refractivity contribution is 6.31. The number of primary amides is 1. The summed E-state index contributed by atoms with van der Waals surface area (Å²) in [6, 6.07) is 2.15. The van der Waals surface area contributed by atoms with Crippen LogP contribution in [0.5, 0.6) is 0 Å². The molecule has 5 rings (SSSR count). The van der Waals surface area contributed by atoms with Crippen molar-refractivity contribution in [2.45, 2.75) is 69.6 Å². The Kier molecular flexibility index (Phi) is 6.94. The van der Waals surface area contributed by atoms with Crippen molar-refractivity contribution >= 4 is 46.3 Å². The van der Waals surface area contributed by atoms with Crippen LogP contribution < -0.4 is 16.4 Å². The molecule has 9 nitrogen and oxygen atoms in total. The van der Waals surface area contributed by atoms with Gasteiger partial charge < -0.3 is 21.5 Å². The maximum absolute atomic E-state index is 14.7. The molecular formula is C24H28ClF2N7O2. The van der Waals surface area contributed by atoms with E-state index in [1.807, 2.05) is 4.57 Å². The van der Waals surface area contributed by atoms with Crippen LogP contribution in [0.2, 0.25) is 5.02 Å². The van der Waals surface area contributed by atoms with Crippen LogP contribution in [0.15, 0.2) is 18.3 Å². The number of rotatable bonds is 6. The number of anilines is 3. The fourth-order valence-electron chi connectivity index (χ4n) is 5.24. The molecule has 2 saturated carbocycles. The molecule has 2 atom stereocenters. The summed E-state index contributed by atoms with van der Waals surface area (Å²) >= 11 is 5.89. The van der Waals surface area contributed by atoms with E-state index >= 15 is 0 Å². The number of nitrogens with two attached hydrogens (primary N) is 1. The third kappa shape index (κ3) is 4.94. The van der Waals surface area contributed by atoms with Gasteiger partial charge in [-0.3, -0.25) is 9.36 Å². The first-order chi connectivity index (χ1) is 17.3. The van der Waals surface area contributed by atoms with Gasteiger partial charge in [-0.25, -0.2) is 18.7 Å². The number of aliphatic hydroxyl groups is 1. The lowest BCUT2D eigenvalue weighted by atomic mass is 9.85. The van der Waals surface area contributed by atoms with Crippen molar-refractivity contribution in [3.05, 3.63) is 35.0 Å². The molecule has 0 radical (unpaired) electrons. The monoisotopic (exact) mass is 519 g/mol. The van der Waals surface area contributed by atoms with Gasteiger partial charge in [0.1, 0.15) is 17.0 Å². The standard InChI is InChI=1S/C24H28ClF2N7O2/c25-16-8-9-17(26)20(19(16)27)32-24-31-18-11-29-23(30-13-2-1-3-15(35)10-13)33-22(18)34(24)14-6-4-12(5-7-14)21(28)36/h8-9,11-15,35H,1-7,10H2,(H2,28,36)(H,31,32)(H,29,30,33)/t12-,13-,14-,15+/m1/s1. The summed E-state index contributed by atoms with van der Waals surface area (Å²) < 4.78 is 31.0. The average Bonchev–Trinajstić information content (AvgIpc) is 3.21. The van der Waals surface area contributed by atoms with E-state index in [0.717, 1.165) is 31.4 Å². The second-order valence-corrected chi connectivity index (χ2v) is 10.0. The van der Waals surface area contributed by atoms with Crippen LogP contribution in [0.4, 0.5) is 26.4 Å². The molecule has 12 heteroatoms. The molecule has 2 aromatic heterocycles. The zero-order valence-electron chi connectivity index (χ0n) is 19.6. The number of imidazole rings is 1. The summed E-state index contributed by atoms with van der Waals surface area (Å²) in [5.74, 6) is -1.67. The number of hydrogen-bond donors (Lipinski definition) is 4. The van der Waals surface area contributed by atoms with E-state index < -0.39 is 17.3 Å². The number of fused-ring (bicyclic) bond motifs is 1. The molecule has 0 bridgehead atoms. The number of carbonyl (C=O) groups excluding carboxylic acids is 1. The second kappa shape index (κ2) is 10.1. The molecule has 2 fully saturated rings. The lowest BCUT2D eigenvalue weighted by Crippen LogP contribution is -2.30. The second-order valence-electron chi connectivity index (χ2n) is 9.62. The summed E-state index contributed by atoms with van der Waals surface area (Å²) in [7, 11) is 0. The SMILES string of the molecule is NC(=O)[C@H]1CC[C@H](n2c(Nc3c(F)ccc(Cl)c3F)nc3cnc(N[C@@H]4CCC[C@H](O)C4)nc32)CC1. The Balaban J connectivity index is 1.52. The third-order valence-electron chi connectivity index (χ3n) is 7.16. The van der Waals surface area contributed by atoms with Crippen LogP contribution >= 0.6 is 11.6 Å². The molecule has 1 amide bonds. The Morgan fingerprint density at radius 3 is 2.64 bits per heavy atom. The smallest absolute Gasteiger partial charge is 0.224 e. The predicted octanol–water partition coefficient (Wildman–Crippen LogP) is 4.43. The van der Waals surface area contributed by atoms with Crippen molar-refractivity contribution in [1.29, 1.82) is 0 Å². The van der Waals surface area contributed by atoms with E-state index in [9.17, 15) is 18.7 Å². The quantitative estimate of drug-likeness (QED) is 0.354. The molecule has 0 unspecified atom stereocenters. The molecule has 0 aliphatic heterocycles. The first-order valence-electron chi connectivity index (χ1n) is 12.2. The lowest BCUT2D eigenvalue weighted by molar-refractivity contribution is -0.122. The van der Waals surface area contributed by atoms with Crippen molar-refractivity contribution in [2.75, 3.05) is 10.6 Å². The van der Waals surface area contributed by atoms with Gasteiger partial charge in [-0.05, 0) is 63.5 Å². The molecule has 1 aromatic carbocycles. The van der Waals surface area contributed by atoms with Crippen molar-refractivity contribution in [3.63, 3.8) is 0 Å². The maximum Gasteiger partial charge on any atom is 0.224 e. The van der Waals surface area contributed by atoms with Crippen LogP contribution in [-0.2, 0) is 4.79 Å². The summed E-state index contributed by atoms with van der Waals surface area (Å²) in [6.07, 6.45) is 6.83. The van der Waals surface area contributed by atoms with E-state index in [0.29, 0.717) is 49.2 Å². The number of hydrogen-bond acceptors (Lipinski definition) is 7. The number of nitrogens with one attached hydrogen (secondary N) is 2. The Bertz CT molecular complexity index is 1280. The molecule has 2 aliphatic rings. The summed E-state index contributed by atoms with van der Waals surface area (Å²) in [5, 5.41) is 15.9. The minimum atomic E-state index is -0.919. The number of aromatic nitrogens is 4. The number of nitrogens with zero attached hydrogens (tertiary/aromatic N) is 4. The first kappa shape index (κ1) is 24.6. The van der Waals surface area contributed by atoms with Crippen molar-refractivity contribution in [3.8, 4) is 0 Å². The highest BCUT2D eigenvalue weighted by Crippen LogP contribution is 2.38. The summed E-state index contributed by atoms with van der Waals surface area (Å²) in [6.45, 7) is 0. The molecule has 2 aliphatic carbocycles. The van der Waals surface area contributed by atoms with Crippen molar-refractivity contribution in [2.24, 2.45) is 11.7 Å². The maximum atomic E-state index is 14.7. The molecule has 2 heterocycles. The number of carbonyl (C=O) groups is 1. The van der Waals surface area contributed by atoms with Crippen LogP contribution in [0.3, 0.4) is 0 Å². The zero-order chi connectivity index (χ0) is 25.4. The van der Waals surface area contributed by atoms with Crippen molar-refractivity contribution < 1.29 is 18.7 Å². The highest BCUT2D eigenvalue weighted by atomic mass is 35.5. The predicted molar refractivity (Wildman–Crippen MR) is 132 cm³/mol. The van der Waals surface area contributed by atoms with Crippen LogP contribution in [0.25, 0.3) is 11.2 Å². The molecule has 0 spiro atoms. The first-order valence-corrected chi connectivity index (χ1v) is 12.6. The minimum absolute atomic E-state index is 0.0424. The van der Waals surface area contributed by atoms with Gasteiger partial charge in [-0.2, -0.15) is 4.98 Å². The van der Waals surface area contributed by atoms with Crippen molar-refractivity contribution in [1.82, 2.24) is 19.5 Å². The van der Waals surface area contributed by atoms with E-state index in [4.69, 9.17) is 22.3 Å². The minimum Gasteiger partial charge on any atom is -0.393 e. The Morgan fingerprint density at radius 1 is 1.14 bits per heavy atom. The fourth-order valence-corrected chi connectivity index (χ4v) is 5.40. The third-order valence-corrected chi connectivity index (χ3v) is 7.45. The molecule has 0 saturated heterocycles. The lowest BCUT2D eigenvalue weighted by Gasteiger charge is -2.29. The number of benzene rings is 1. The normalized spacial score (nSPS) is 24.6. The largest absolute Gasteiger partial charge is 0.393 e. The van der Waals surface area contributed by atoms with Gasteiger partial charge in [0.25, 0.3) is 0 Å². The summed E-state index contributed by atoms with van der Waals surface area (Å²) in [5.41, 5.74) is 6.04. The van der Waals surface area contributed by atoms with Gasteiger partial charge in [-0.15, -0.1) is 0 Å².